The zero-order chi connectivity index (χ0) is 44.3. The molecule has 63 heavy (non-hydrogen) atoms. The number of nitrogens with one attached hydrogen (secondary N) is 1. The van der Waals surface area contributed by atoms with Crippen LogP contribution >= 0.6 is 34.8 Å². The molecule has 4 saturated carbocycles. The zero-order valence-corrected chi connectivity index (χ0v) is 45.8. The normalized spacial score (nSPS) is 21.4. The number of hydrogen-bond acceptors (Lipinski definition) is 13. The molecule has 4 heterocycles. The van der Waals surface area contributed by atoms with E-state index in [1.807, 2.05) is 32.9 Å². The van der Waals surface area contributed by atoms with E-state index in [2.05, 4.69) is 30.2 Å². The van der Waals surface area contributed by atoms with Crippen LogP contribution in [0.5, 0.6) is 11.8 Å². The Morgan fingerprint density at radius 2 is 1.30 bits per heavy atom. The second-order valence-corrected chi connectivity index (χ2v) is 18.8. The fourth-order valence-electron chi connectivity index (χ4n) is 8.32. The van der Waals surface area contributed by atoms with Gasteiger partial charge in [0, 0.05) is 18.3 Å². The van der Waals surface area contributed by atoms with Gasteiger partial charge in [-0.3, -0.25) is 4.79 Å². The molecule has 0 saturated heterocycles. The van der Waals surface area contributed by atoms with Crippen LogP contribution in [0, 0.1) is 35.5 Å². The van der Waals surface area contributed by atoms with Gasteiger partial charge in [-0.1, -0.05) is 47.6 Å². The predicted molar refractivity (Wildman–Crippen MR) is 227 cm³/mol. The largest absolute Gasteiger partial charge is 1.00 e. The summed E-state index contributed by atoms with van der Waals surface area (Å²) < 4.78 is 23.7. The van der Waals surface area contributed by atoms with Crippen LogP contribution in [0.4, 0.5) is 0 Å². The number of nitrogens with zero attached hydrogens (tertiary/aromatic N) is 5. The summed E-state index contributed by atoms with van der Waals surface area (Å²) in [6, 6.07) is 9.99. The Morgan fingerprint density at radius 3 is 1.73 bits per heavy atom. The van der Waals surface area contributed by atoms with Crippen LogP contribution in [0.3, 0.4) is 0 Å². The van der Waals surface area contributed by atoms with E-state index in [4.69, 9.17) is 63.8 Å². The van der Waals surface area contributed by atoms with Crippen LogP contribution in [0.1, 0.15) is 115 Å². The Hall–Kier alpha value is -1.17. The Morgan fingerprint density at radius 1 is 0.778 bits per heavy atom. The van der Waals surface area contributed by atoms with Crippen LogP contribution in [0.25, 0.3) is 5.82 Å². The summed E-state index contributed by atoms with van der Waals surface area (Å²) in [4.78, 5) is 43.1. The number of carbonyl (C=O) groups excluding carboxylic acids is 3. The molecule has 4 aliphatic carbocycles. The van der Waals surface area contributed by atoms with Crippen LogP contribution in [0.2, 0.25) is 15.5 Å². The molecule has 8 rings (SSSR count). The van der Waals surface area contributed by atoms with Gasteiger partial charge in [-0.05, 0) is 140 Å². The van der Waals surface area contributed by atoms with Gasteiger partial charge >= 0.3 is 115 Å². The molecule has 4 aromatic heterocycles. The number of halogens is 3. The van der Waals surface area contributed by atoms with Gasteiger partial charge in [0.15, 0.2) is 5.82 Å². The van der Waals surface area contributed by atoms with Gasteiger partial charge < -0.3 is 30.5 Å². The van der Waals surface area contributed by atoms with Gasteiger partial charge in [-0.2, -0.15) is 5.10 Å². The van der Waals surface area contributed by atoms with Gasteiger partial charge in [0.05, 0.1) is 30.5 Å². The molecule has 6 atom stereocenters. The SMILES string of the molecule is CC(C)(C)OC(=O)c1ccc(-n2ccc(OCC3C[C@H]4CC[C@@H]3C4)n2)nc1Cl.CC(C)(C)OC(=O)c1ccc(Cl)nc1Cl.O=CO[O-].[H-].[K+].[K+].c1cc(OCC2C[C@H]3CC[C@@H]2C3)[nH]n1. The van der Waals surface area contributed by atoms with Crippen molar-refractivity contribution in [2.45, 2.75) is 104 Å². The first-order valence-corrected chi connectivity index (χ1v) is 21.5. The molecule has 15 nitrogen and oxygen atoms in total. The smallest absolute Gasteiger partial charge is 1.00 e. The molecule has 20 heteroatoms. The number of hydrogen-bond donors (Lipinski definition) is 1. The van der Waals surface area contributed by atoms with Gasteiger partial charge in [0.1, 0.15) is 26.7 Å². The average Bonchev–Trinajstić information content (AvgIpc) is 4.06. The number of fused-ring (bicyclic) bond motifs is 4. The number of aromatic nitrogens is 6. The number of rotatable bonds is 10. The molecule has 4 aromatic rings. The van der Waals surface area contributed by atoms with Crippen LogP contribution < -0.4 is 118 Å². The first-order valence-electron chi connectivity index (χ1n) is 20.4. The quantitative estimate of drug-likeness (QED) is 0.0610. The number of pyridine rings is 2. The summed E-state index contributed by atoms with van der Waals surface area (Å²) in [5.41, 5.74) is -0.692. The van der Waals surface area contributed by atoms with Crippen molar-refractivity contribution in [2.75, 3.05) is 13.2 Å². The standard InChI is InChI=1S/C21H26ClN3O3.C11H16N2O.C10H11Cl2NO2.CH2O3.2K.H/c1-21(2,3)28-20(26)16-6-7-17(23-19(16)22)25-9-8-18(24-25)27-12-15-11-13-4-5-14(15)10-13;1-2-9-5-8(1)6-10(9)7-14-11-3-4-12-13-11;1-10(2,3)15-9(14)6-4-5-7(11)13-8(6)12;2-1-4-3;;;/h6-9,13-15H,4-5,10-12H2,1-3H3;3-4,8-10H,1-2,5-7H2,(H,12,13);4-5H,1-3H3;1,3H;;;/q;;;;2*+1;-1/p-1/t13-,14+,15?;8-,9+,10?;;;;;/m00...../s1. The summed E-state index contributed by atoms with van der Waals surface area (Å²) in [6.07, 6.45) is 14.6. The minimum atomic E-state index is -0.591. The molecule has 0 aromatic carbocycles. The molecule has 4 aliphatic rings. The Kier molecular flexibility index (Phi) is 23.5. The summed E-state index contributed by atoms with van der Waals surface area (Å²) in [7, 11) is 0. The number of esters is 2. The van der Waals surface area contributed by atoms with Gasteiger partial charge in [-0.25, -0.2) is 29.3 Å². The average molecular weight is 985 g/mol. The van der Waals surface area contributed by atoms with E-state index in [0.29, 0.717) is 17.6 Å². The van der Waals surface area contributed by atoms with Crippen molar-refractivity contribution in [3.63, 3.8) is 0 Å². The molecule has 4 fully saturated rings. The third-order valence-corrected chi connectivity index (χ3v) is 11.7. The maximum absolute atomic E-state index is 12.2. The minimum Gasteiger partial charge on any atom is -1.00 e. The van der Waals surface area contributed by atoms with Crippen molar-refractivity contribution in [1.29, 1.82) is 0 Å². The number of aromatic amines is 1. The maximum atomic E-state index is 12.2. The molecule has 0 radical (unpaired) electrons. The van der Waals surface area contributed by atoms with E-state index >= 15 is 0 Å². The van der Waals surface area contributed by atoms with E-state index in [-0.39, 0.29) is 137 Å². The van der Waals surface area contributed by atoms with Gasteiger partial charge in [0.2, 0.25) is 11.8 Å². The van der Waals surface area contributed by atoms with Crippen LogP contribution in [-0.2, 0) is 19.2 Å². The second-order valence-electron chi connectivity index (χ2n) is 17.7. The van der Waals surface area contributed by atoms with Crippen molar-refractivity contribution in [3.05, 3.63) is 75.4 Å². The molecule has 0 amide bonds. The van der Waals surface area contributed by atoms with Crippen LogP contribution in [-0.4, -0.2) is 72.8 Å². The molecule has 4 bridgehead atoms. The Bertz CT molecular complexity index is 2070. The fraction of sp³-hybridized carbons (Fsp3) is 0.558. The molecular weight excluding hydrogens is 929 g/mol. The van der Waals surface area contributed by atoms with Crippen molar-refractivity contribution < 1.29 is 148 Å². The first kappa shape index (κ1) is 56.2. The molecular formula is C43H55Cl3K2N6O9. The first-order chi connectivity index (χ1) is 28.9. The maximum Gasteiger partial charge on any atom is 1.00 e. The Labute approximate surface area is 470 Å². The minimum absolute atomic E-state index is 0. The molecule has 0 aliphatic heterocycles. The van der Waals surface area contributed by atoms with E-state index in [1.54, 1.807) is 50.0 Å². The van der Waals surface area contributed by atoms with Crippen LogP contribution in [0.15, 0.2) is 48.8 Å². The van der Waals surface area contributed by atoms with E-state index < -0.39 is 23.1 Å². The molecule has 2 unspecified atom stereocenters. The van der Waals surface area contributed by atoms with E-state index in [9.17, 15) is 9.59 Å². The zero-order valence-electron chi connectivity index (χ0n) is 38.3. The van der Waals surface area contributed by atoms with E-state index in [1.165, 1.54) is 63.5 Å². The summed E-state index contributed by atoms with van der Waals surface area (Å²) in [5, 5.41) is 19.9. The molecule has 334 valence electrons. The number of carbonyl (C=O) groups is 3. The predicted octanol–water partition coefficient (Wildman–Crippen LogP) is 2.81. The number of ether oxygens (including phenoxy) is 4. The Balaban J connectivity index is 0.000000333. The van der Waals surface area contributed by atoms with Crippen molar-refractivity contribution in [2.24, 2.45) is 35.5 Å². The third-order valence-electron chi connectivity index (χ3n) is 10.9. The third kappa shape index (κ3) is 18.1. The van der Waals surface area contributed by atoms with E-state index in [0.717, 1.165) is 48.7 Å². The van der Waals surface area contributed by atoms with Gasteiger partial charge in [0.25, 0.3) is 6.47 Å². The van der Waals surface area contributed by atoms with Crippen molar-refractivity contribution in [1.82, 2.24) is 29.9 Å². The molecule has 1 N–H and O–H groups in total. The summed E-state index contributed by atoms with van der Waals surface area (Å²) in [6.45, 7) is 12.2. The van der Waals surface area contributed by atoms with Gasteiger partial charge in [-0.15, -0.1) is 5.10 Å². The van der Waals surface area contributed by atoms with Crippen molar-refractivity contribution in [3.8, 4) is 17.6 Å². The van der Waals surface area contributed by atoms with Crippen molar-refractivity contribution >= 4 is 53.2 Å². The number of H-pyrrole nitrogens is 1. The topological polar surface area (TPSA) is 193 Å². The monoisotopic (exact) mass is 982 g/mol. The second kappa shape index (κ2) is 26.4. The summed E-state index contributed by atoms with van der Waals surface area (Å²) in [5.74, 6) is 6.07. The molecule has 0 spiro atoms. The fourth-order valence-corrected chi connectivity index (χ4v) is 8.97. The summed E-state index contributed by atoms with van der Waals surface area (Å²) >= 11 is 17.6.